The highest BCUT2D eigenvalue weighted by Crippen LogP contribution is 2.40. The summed E-state index contributed by atoms with van der Waals surface area (Å²) in [7, 11) is -4.10. The molecule has 0 radical (unpaired) electrons. The number of amides is 2. The molecular weight excluding hydrogens is 680 g/mol. The fourth-order valence-electron chi connectivity index (χ4n) is 5.27. The number of rotatable bonds is 7. The summed E-state index contributed by atoms with van der Waals surface area (Å²) >= 11 is 6.35. The van der Waals surface area contributed by atoms with E-state index in [1.165, 1.54) is 51.2 Å². The Morgan fingerprint density at radius 3 is 2.53 bits per heavy atom. The van der Waals surface area contributed by atoms with Gasteiger partial charge in [-0.25, -0.2) is 18.0 Å². The Hall–Kier alpha value is -2.85. The maximum absolute atomic E-state index is 13.3. The second-order valence-corrected chi connectivity index (χ2v) is 16.7. The van der Waals surface area contributed by atoms with Crippen LogP contribution in [0.5, 0.6) is 0 Å². The highest BCUT2D eigenvalue weighted by Gasteiger charge is 2.35. The van der Waals surface area contributed by atoms with Gasteiger partial charge in [-0.3, -0.25) is 15.4 Å². The third-order valence-corrected chi connectivity index (χ3v) is 12.3. The molecule has 15 heteroatoms. The molecule has 0 unspecified atom stereocenters. The van der Waals surface area contributed by atoms with Gasteiger partial charge in [0.25, 0.3) is 5.69 Å². The van der Waals surface area contributed by atoms with Gasteiger partial charge in [0.2, 0.25) is 10.0 Å². The number of nitrogens with one attached hydrogen (secondary N) is 2. The average Bonchev–Trinajstić information content (AvgIpc) is 3.46. The Balaban J connectivity index is 1.30. The number of para-hydroxylation sites is 1. The fourth-order valence-corrected chi connectivity index (χ4v) is 10.3. The van der Waals surface area contributed by atoms with Crippen molar-refractivity contribution in [3.8, 4) is 0 Å². The van der Waals surface area contributed by atoms with Crippen LogP contribution in [-0.4, -0.2) is 41.8 Å². The van der Waals surface area contributed by atoms with E-state index in [1.807, 2.05) is 20.8 Å². The minimum Gasteiger partial charge on any atom is -0.456 e. The van der Waals surface area contributed by atoms with Crippen molar-refractivity contribution in [1.29, 1.82) is 0 Å². The lowest BCUT2D eigenvalue weighted by Gasteiger charge is -2.26. The number of esters is 1. The summed E-state index contributed by atoms with van der Waals surface area (Å²) in [5.41, 5.74) is 2.03. The summed E-state index contributed by atoms with van der Waals surface area (Å²) in [5.74, 6) is -0.447. The summed E-state index contributed by atoms with van der Waals surface area (Å²) in [6, 6.07) is 4.86. The van der Waals surface area contributed by atoms with Gasteiger partial charge in [-0.2, -0.15) is 4.31 Å². The van der Waals surface area contributed by atoms with Crippen LogP contribution < -0.4 is 10.6 Å². The van der Waals surface area contributed by atoms with E-state index in [0.717, 1.165) is 55.9 Å². The van der Waals surface area contributed by atoms with Crippen molar-refractivity contribution in [1.82, 2.24) is 9.62 Å². The molecule has 1 aliphatic heterocycles. The number of benzene rings is 1. The van der Waals surface area contributed by atoms with Gasteiger partial charge in [0.15, 0.2) is 4.90 Å². The minimum atomic E-state index is -4.10. The topological polar surface area (TPSA) is 148 Å². The zero-order valence-electron chi connectivity index (χ0n) is 23.8. The molecule has 0 bridgehead atoms. The summed E-state index contributed by atoms with van der Waals surface area (Å²) in [6.45, 7) is 5.82. The number of sulfonamides is 1. The number of thiophene rings is 2. The molecule has 2 amide bonds. The molecule has 0 spiro atoms. The normalized spacial score (nSPS) is 15.3. The maximum atomic E-state index is 13.3. The standard InChI is InChI=1S/C28H31BrN4O7S3/c1-28(2,3)40-26(34)23-17-8-4-6-10-20(17)42-25(23)31-27(35)30-14-18-16-12-13-32(15-21(16)41-24(18)29)43(38,39)22-11-7-5-9-19(22)33(36)37/h5,7,9,11H,4,6,8,10,12-15H2,1-3H3,(H2,30,31,35). The summed E-state index contributed by atoms with van der Waals surface area (Å²) in [6.07, 6.45) is 4.02. The van der Waals surface area contributed by atoms with E-state index in [-0.39, 0.29) is 24.5 Å². The van der Waals surface area contributed by atoms with E-state index in [9.17, 15) is 28.1 Å². The van der Waals surface area contributed by atoms with Crippen LogP contribution in [0.15, 0.2) is 32.9 Å². The fraction of sp³-hybridized carbons (Fsp3) is 0.429. The molecule has 0 saturated heterocycles. The molecule has 0 saturated carbocycles. The van der Waals surface area contributed by atoms with Gasteiger partial charge in [0, 0.05) is 35.5 Å². The molecule has 1 aliphatic carbocycles. The summed E-state index contributed by atoms with van der Waals surface area (Å²) in [4.78, 5) is 38.5. The maximum Gasteiger partial charge on any atom is 0.341 e. The zero-order valence-corrected chi connectivity index (χ0v) is 27.9. The summed E-state index contributed by atoms with van der Waals surface area (Å²) < 4.78 is 34.4. The first kappa shape index (κ1) is 31.6. The number of hydrogen-bond donors (Lipinski definition) is 2. The molecule has 2 N–H and O–H groups in total. The predicted octanol–water partition coefficient (Wildman–Crippen LogP) is 6.38. The van der Waals surface area contributed by atoms with Crippen LogP contribution in [0.4, 0.5) is 15.5 Å². The minimum absolute atomic E-state index is 0.0686. The zero-order chi connectivity index (χ0) is 31.1. The SMILES string of the molecule is CC(C)(C)OC(=O)c1c(NC(=O)NCc2c(Br)sc3c2CCN(S(=O)(=O)c2ccccc2[N+](=O)[O-])C3)sc2c1CCCC2. The van der Waals surface area contributed by atoms with Crippen LogP contribution in [0.3, 0.4) is 0 Å². The number of carbonyl (C=O) groups excluding carboxylic acids is 2. The van der Waals surface area contributed by atoms with Crippen molar-refractivity contribution in [2.75, 3.05) is 11.9 Å². The van der Waals surface area contributed by atoms with E-state index in [0.29, 0.717) is 17.0 Å². The number of nitro groups is 1. The van der Waals surface area contributed by atoms with Crippen LogP contribution in [0.1, 0.15) is 70.4 Å². The Morgan fingerprint density at radius 1 is 1.09 bits per heavy atom. The molecule has 2 aromatic heterocycles. The molecule has 0 atom stereocenters. The van der Waals surface area contributed by atoms with Crippen LogP contribution >= 0.6 is 38.6 Å². The molecule has 3 aromatic rings. The van der Waals surface area contributed by atoms with Crippen molar-refractivity contribution < 1.29 is 27.7 Å². The number of halogens is 1. The molecular formula is C28H31BrN4O7S3. The lowest BCUT2D eigenvalue weighted by Crippen LogP contribution is -2.36. The highest BCUT2D eigenvalue weighted by atomic mass is 79.9. The van der Waals surface area contributed by atoms with Gasteiger partial charge < -0.3 is 10.1 Å². The molecule has 230 valence electrons. The Bertz CT molecular complexity index is 1710. The number of urea groups is 1. The van der Waals surface area contributed by atoms with Crippen molar-refractivity contribution in [2.24, 2.45) is 0 Å². The van der Waals surface area contributed by atoms with Crippen LogP contribution in [-0.2, 0) is 47.1 Å². The first-order valence-electron chi connectivity index (χ1n) is 13.7. The van der Waals surface area contributed by atoms with Gasteiger partial charge >= 0.3 is 12.0 Å². The largest absolute Gasteiger partial charge is 0.456 e. The first-order chi connectivity index (χ1) is 20.3. The molecule has 43 heavy (non-hydrogen) atoms. The second kappa shape index (κ2) is 12.3. The number of fused-ring (bicyclic) bond motifs is 2. The quantitative estimate of drug-likeness (QED) is 0.164. The van der Waals surface area contributed by atoms with Crippen molar-refractivity contribution in [3.05, 3.63) is 70.2 Å². The van der Waals surface area contributed by atoms with Crippen LogP contribution in [0, 0.1) is 10.1 Å². The van der Waals surface area contributed by atoms with Gasteiger partial charge in [0.05, 0.1) is 14.3 Å². The number of nitro benzene ring substituents is 1. The second-order valence-electron chi connectivity index (χ2n) is 11.3. The molecule has 11 nitrogen and oxygen atoms in total. The number of hydrogen-bond acceptors (Lipinski definition) is 9. The molecule has 2 aliphatic rings. The molecule has 3 heterocycles. The Morgan fingerprint density at radius 2 is 1.81 bits per heavy atom. The predicted molar refractivity (Wildman–Crippen MR) is 168 cm³/mol. The van der Waals surface area contributed by atoms with E-state index in [1.54, 1.807) is 0 Å². The monoisotopic (exact) mass is 710 g/mol. The molecule has 5 rings (SSSR count). The van der Waals surface area contributed by atoms with Crippen LogP contribution in [0.25, 0.3) is 0 Å². The number of carbonyl (C=O) groups is 2. The third kappa shape index (κ3) is 6.65. The number of aryl methyl sites for hydroxylation is 1. The average molecular weight is 712 g/mol. The van der Waals surface area contributed by atoms with Crippen LogP contribution in [0.2, 0.25) is 0 Å². The number of ether oxygens (including phenoxy) is 1. The molecule has 1 aromatic carbocycles. The van der Waals surface area contributed by atoms with Gasteiger partial charge in [-0.1, -0.05) is 12.1 Å². The Kier molecular flexibility index (Phi) is 9.01. The summed E-state index contributed by atoms with van der Waals surface area (Å²) in [5, 5.41) is 17.7. The van der Waals surface area contributed by atoms with Crippen molar-refractivity contribution >= 4 is 71.3 Å². The highest BCUT2D eigenvalue weighted by molar-refractivity contribution is 9.11. The van der Waals surface area contributed by atoms with E-state index in [2.05, 4.69) is 26.6 Å². The van der Waals surface area contributed by atoms with E-state index < -0.39 is 38.2 Å². The van der Waals surface area contributed by atoms with Gasteiger partial charge in [-0.15, -0.1) is 22.7 Å². The van der Waals surface area contributed by atoms with Gasteiger partial charge in [-0.05, 0) is 91.6 Å². The van der Waals surface area contributed by atoms with Crippen molar-refractivity contribution in [2.45, 2.75) is 76.5 Å². The van der Waals surface area contributed by atoms with Gasteiger partial charge in [0.1, 0.15) is 10.6 Å². The molecule has 0 fully saturated rings. The lowest BCUT2D eigenvalue weighted by molar-refractivity contribution is -0.387. The number of nitrogens with zero attached hydrogens (tertiary/aromatic N) is 2. The van der Waals surface area contributed by atoms with Crippen molar-refractivity contribution in [3.63, 3.8) is 0 Å². The third-order valence-electron chi connectivity index (χ3n) is 7.19. The van der Waals surface area contributed by atoms with E-state index in [4.69, 9.17) is 4.74 Å². The smallest absolute Gasteiger partial charge is 0.341 e. The number of anilines is 1. The Labute approximate surface area is 266 Å². The first-order valence-corrected chi connectivity index (χ1v) is 17.6. The lowest BCUT2D eigenvalue weighted by atomic mass is 9.95. The van der Waals surface area contributed by atoms with E-state index >= 15 is 0 Å².